The first-order valence-electron chi connectivity index (χ1n) is 4.71. The lowest BCUT2D eigenvalue weighted by Crippen LogP contribution is -1.80. The van der Waals surface area contributed by atoms with Crippen LogP contribution in [0.1, 0.15) is 0 Å². The predicted molar refractivity (Wildman–Crippen MR) is 60.7 cm³/mol. The Hall–Kier alpha value is -1.61. The lowest BCUT2D eigenvalue weighted by Gasteiger charge is -1.95. The van der Waals surface area contributed by atoms with Crippen molar-refractivity contribution < 1.29 is 8.78 Å². The number of aromatic amines is 1. The molecule has 2 aromatic carbocycles. The van der Waals surface area contributed by atoms with Gasteiger partial charge in [0.25, 0.3) is 0 Å². The molecule has 0 saturated heterocycles. The summed E-state index contributed by atoms with van der Waals surface area (Å²) in [6, 6.07) is 7.25. The SMILES string of the molecule is Fc1cc(F)c2c(c1)[nH]c1ccc(Cl)cc12. The zero-order valence-electron chi connectivity index (χ0n) is 8.02. The highest BCUT2D eigenvalue weighted by Crippen LogP contribution is 2.30. The summed E-state index contributed by atoms with van der Waals surface area (Å²) in [5.74, 6) is -1.17. The Balaban J connectivity index is 2.57. The summed E-state index contributed by atoms with van der Waals surface area (Å²) in [7, 11) is 0. The first-order valence-corrected chi connectivity index (χ1v) is 5.09. The quantitative estimate of drug-likeness (QED) is 0.602. The van der Waals surface area contributed by atoms with Gasteiger partial charge in [0, 0.05) is 27.4 Å². The van der Waals surface area contributed by atoms with Gasteiger partial charge in [-0.15, -0.1) is 0 Å². The Kier molecular flexibility index (Phi) is 1.91. The van der Waals surface area contributed by atoms with Gasteiger partial charge in [0.15, 0.2) is 0 Å². The van der Waals surface area contributed by atoms with Gasteiger partial charge in [-0.25, -0.2) is 8.78 Å². The van der Waals surface area contributed by atoms with E-state index in [4.69, 9.17) is 11.6 Å². The van der Waals surface area contributed by atoms with Gasteiger partial charge in [-0.1, -0.05) is 11.6 Å². The van der Waals surface area contributed by atoms with E-state index < -0.39 is 11.6 Å². The van der Waals surface area contributed by atoms with Crippen molar-refractivity contribution in [2.75, 3.05) is 0 Å². The lowest BCUT2D eigenvalue weighted by atomic mass is 10.1. The maximum Gasteiger partial charge on any atom is 0.136 e. The number of halogens is 3. The van der Waals surface area contributed by atoms with Gasteiger partial charge in [-0.05, 0) is 24.3 Å². The predicted octanol–water partition coefficient (Wildman–Crippen LogP) is 4.25. The van der Waals surface area contributed by atoms with Crippen LogP contribution in [-0.4, -0.2) is 4.98 Å². The maximum absolute atomic E-state index is 13.6. The van der Waals surface area contributed by atoms with Crippen LogP contribution >= 0.6 is 11.6 Å². The van der Waals surface area contributed by atoms with Crippen molar-refractivity contribution in [1.29, 1.82) is 0 Å². The second-order valence-corrected chi connectivity index (χ2v) is 4.06. The third kappa shape index (κ3) is 1.28. The molecule has 1 nitrogen and oxygen atoms in total. The highest BCUT2D eigenvalue weighted by Gasteiger charge is 2.10. The molecule has 16 heavy (non-hydrogen) atoms. The first kappa shape index (κ1) is 9.60. The molecular weight excluding hydrogens is 232 g/mol. The average molecular weight is 238 g/mol. The highest BCUT2D eigenvalue weighted by atomic mass is 35.5. The van der Waals surface area contributed by atoms with Crippen molar-refractivity contribution in [1.82, 2.24) is 4.98 Å². The Morgan fingerprint density at radius 3 is 2.62 bits per heavy atom. The minimum absolute atomic E-state index is 0.374. The van der Waals surface area contributed by atoms with E-state index in [-0.39, 0.29) is 0 Å². The minimum Gasteiger partial charge on any atom is -0.354 e. The van der Waals surface area contributed by atoms with Crippen molar-refractivity contribution in [3.8, 4) is 0 Å². The molecule has 0 spiro atoms. The number of aromatic nitrogens is 1. The number of benzene rings is 2. The molecule has 1 heterocycles. The zero-order valence-corrected chi connectivity index (χ0v) is 8.78. The normalized spacial score (nSPS) is 11.4. The Morgan fingerprint density at radius 1 is 1.00 bits per heavy atom. The van der Waals surface area contributed by atoms with Crippen LogP contribution in [0, 0.1) is 11.6 Å². The molecule has 0 aliphatic rings. The summed E-state index contributed by atoms with van der Waals surface area (Å²) in [5.41, 5.74) is 1.18. The third-order valence-corrected chi connectivity index (χ3v) is 2.81. The largest absolute Gasteiger partial charge is 0.354 e. The summed E-state index contributed by atoms with van der Waals surface area (Å²) < 4.78 is 26.7. The van der Waals surface area contributed by atoms with Crippen molar-refractivity contribution in [2.24, 2.45) is 0 Å². The highest BCUT2D eigenvalue weighted by molar-refractivity contribution is 6.31. The van der Waals surface area contributed by atoms with Crippen LogP contribution in [-0.2, 0) is 0 Å². The molecule has 1 aromatic heterocycles. The van der Waals surface area contributed by atoms with Gasteiger partial charge in [0.1, 0.15) is 11.6 Å². The number of nitrogens with one attached hydrogen (secondary N) is 1. The molecule has 0 saturated carbocycles. The smallest absolute Gasteiger partial charge is 0.136 e. The van der Waals surface area contributed by atoms with Gasteiger partial charge in [0.2, 0.25) is 0 Å². The van der Waals surface area contributed by atoms with Gasteiger partial charge in [-0.3, -0.25) is 0 Å². The number of H-pyrrole nitrogens is 1. The molecule has 0 radical (unpaired) electrons. The van der Waals surface area contributed by atoms with Crippen LogP contribution in [0.2, 0.25) is 5.02 Å². The zero-order chi connectivity index (χ0) is 11.3. The molecule has 0 atom stereocenters. The number of hydrogen-bond donors (Lipinski definition) is 1. The topological polar surface area (TPSA) is 15.8 Å². The Morgan fingerprint density at radius 2 is 1.81 bits per heavy atom. The van der Waals surface area contributed by atoms with E-state index in [1.54, 1.807) is 18.2 Å². The molecule has 0 aliphatic carbocycles. The standard InChI is InChI=1S/C12H6ClF2N/c13-6-1-2-10-8(3-6)12-9(15)4-7(14)5-11(12)16-10/h1-5,16H. The molecule has 4 heteroatoms. The van der Waals surface area contributed by atoms with Crippen LogP contribution < -0.4 is 0 Å². The van der Waals surface area contributed by atoms with Gasteiger partial charge < -0.3 is 4.98 Å². The fraction of sp³-hybridized carbons (Fsp3) is 0. The van der Waals surface area contributed by atoms with E-state index in [0.29, 0.717) is 21.3 Å². The van der Waals surface area contributed by atoms with E-state index in [9.17, 15) is 8.78 Å². The van der Waals surface area contributed by atoms with Crippen LogP contribution in [0.4, 0.5) is 8.78 Å². The van der Waals surface area contributed by atoms with E-state index >= 15 is 0 Å². The molecule has 3 aromatic rings. The van der Waals surface area contributed by atoms with Crippen LogP contribution in [0.5, 0.6) is 0 Å². The van der Waals surface area contributed by atoms with Crippen LogP contribution in [0.25, 0.3) is 21.8 Å². The molecule has 0 bridgehead atoms. The second kappa shape index (κ2) is 3.19. The van der Waals surface area contributed by atoms with Crippen molar-refractivity contribution in [3.63, 3.8) is 0 Å². The molecule has 0 fully saturated rings. The summed E-state index contributed by atoms with van der Waals surface area (Å²) >= 11 is 5.85. The summed E-state index contributed by atoms with van der Waals surface area (Å²) in [6.45, 7) is 0. The van der Waals surface area contributed by atoms with Gasteiger partial charge in [0.05, 0.1) is 5.52 Å². The van der Waals surface area contributed by atoms with Crippen molar-refractivity contribution in [3.05, 3.63) is 47.0 Å². The van der Waals surface area contributed by atoms with Crippen LogP contribution in [0.15, 0.2) is 30.3 Å². The van der Waals surface area contributed by atoms with Crippen molar-refractivity contribution in [2.45, 2.75) is 0 Å². The van der Waals surface area contributed by atoms with E-state index in [0.717, 1.165) is 11.6 Å². The second-order valence-electron chi connectivity index (χ2n) is 3.63. The van der Waals surface area contributed by atoms with E-state index in [1.165, 1.54) is 6.07 Å². The van der Waals surface area contributed by atoms with Gasteiger partial charge in [-0.2, -0.15) is 0 Å². The third-order valence-electron chi connectivity index (χ3n) is 2.58. The minimum atomic E-state index is -0.595. The summed E-state index contributed by atoms with van der Waals surface area (Å²) in [5, 5.41) is 1.57. The number of hydrogen-bond acceptors (Lipinski definition) is 0. The Labute approximate surface area is 94.6 Å². The van der Waals surface area contributed by atoms with Crippen molar-refractivity contribution >= 4 is 33.4 Å². The molecule has 3 rings (SSSR count). The molecular formula is C12H6ClF2N. The van der Waals surface area contributed by atoms with Crippen LogP contribution in [0.3, 0.4) is 0 Å². The van der Waals surface area contributed by atoms with Gasteiger partial charge >= 0.3 is 0 Å². The number of rotatable bonds is 0. The monoisotopic (exact) mass is 237 g/mol. The van der Waals surface area contributed by atoms with E-state index in [1.807, 2.05) is 0 Å². The molecule has 0 amide bonds. The average Bonchev–Trinajstić information content (AvgIpc) is 2.54. The Bertz CT molecular complexity index is 703. The maximum atomic E-state index is 13.6. The molecule has 0 unspecified atom stereocenters. The first-order chi connectivity index (χ1) is 7.65. The fourth-order valence-electron chi connectivity index (χ4n) is 1.92. The molecule has 80 valence electrons. The number of fused-ring (bicyclic) bond motifs is 3. The summed E-state index contributed by atoms with van der Waals surface area (Å²) in [6.07, 6.45) is 0. The molecule has 1 N–H and O–H groups in total. The summed E-state index contributed by atoms with van der Waals surface area (Å²) in [4.78, 5) is 2.95. The lowest BCUT2D eigenvalue weighted by molar-refractivity contribution is 0.592. The molecule has 0 aliphatic heterocycles. The fourth-order valence-corrected chi connectivity index (χ4v) is 2.10. The van der Waals surface area contributed by atoms with E-state index in [2.05, 4.69) is 4.98 Å².